The molecule has 3 amide bonds. The lowest BCUT2D eigenvalue weighted by molar-refractivity contribution is -0.116. The number of anilines is 2. The van der Waals surface area contributed by atoms with E-state index < -0.39 is 0 Å². The maximum absolute atomic E-state index is 13.9. The molecule has 1 atom stereocenters. The van der Waals surface area contributed by atoms with E-state index in [9.17, 15) is 14.4 Å². The number of carbonyl (C=O) groups excluding carboxylic acids is 3. The first kappa shape index (κ1) is 23.5. The van der Waals surface area contributed by atoms with E-state index in [1.54, 1.807) is 12.1 Å². The number of rotatable bonds is 3. The van der Waals surface area contributed by atoms with E-state index in [2.05, 4.69) is 10.6 Å². The van der Waals surface area contributed by atoms with Gasteiger partial charge in [0.1, 0.15) is 0 Å². The minimum Gasteiger partial charge on any atom is -0.337 e. The van der Waals surface area contributed by atoms with Crippen molar-refractivity contribution in [2.24, 2.45) is 5.92 Å². The lowest BCUT2D eigenvalue weighted by Gasteiger charge is -2.37. The molecule has 1 saturated heterocycles. The van der Waals surface area contributed by atoms with Gasteiger partial charge in [0.05, 0.1) is 11.4 Å². The molecule has 1 saturated carbocycles. The van der Waals surface area contributed by atoms with Crippen molar-refractivity contribution < 1.29 is 14.4 Å². The van der Waals surface area contributed by atoms with Crippen LogP contribution in [0, 0.1) is 5.92 Å². The average molecular weight is 475 g/mol. The second-order valence-electron chi connectivity index (χ2n) is 9.89. The molecule has 2 N–H and O–H groups in total. The van der Waals surface area contributed by atoms with Gasteiger partial charge in [-0.05, 0) is 62.1 Å². The molecule has 1 unspecified atom stereocenters. The minimum atomic E-state index is -0.206. The zero-order chi connectivity index (χ0) is 24.2. The van der Waals surface area contributed by atoms with Gasteiger partial charge in [0.2, 0.25) is 5.91 Å². The van der Waals surface area contributed by atoms with Crippen molar-refractivity contribution in [2.45, 2.75) is 51.0 Å². The Hall–Kier alpha value is -3.19. The van der Waals surface area contributed by atoms with Crippen molar-refractivity contribution in [1.29, 1.82) is 0 Å². The van der Waals surface area contributed by atoms with Crippen molar-refractivity contribution in [1.82, 2.24) is 10.2 Å². The number of nitrogens with one attached hydrogen (secondary N) is 2. The highest BCUT2D eigenvalue weighted by molar-refractivity contribution is 6.12. The van der Waals surface area contributed by atoms with Crippen LogP contribution < -0.4 is 15.5 Å². The summed E-state index contributed by atoms with van der Waals surface area (Å²) in [5.41, 5.74) is 2.35. The maximum atomic E-state index is 13.9. The van der Waals surface area contributed by atoms with Gasteiger partial charge in [-0.15, -0.1) is 0 Å². The van der Waals surface area contributed by atoms with Crippen LogP contribution in [0.4, 0.5) is 11.4 Å². The predicted molar refractivity (Wildman–Crippen MR) is 137 cm³/mol. The van der Waals surface area contributed by atoms with E-state index in [-0.39, 0.29) is 36.1 Å². The summed E-state index contributed by atoms with van der Waals surface area (Å²) in [6.07, 6.45) is 6.67. The van der Waals surface area contributed by atoms with Gasteiger partial charge in [0.25, 0.3) is 11.8 Å². The SMILES string of the molecule is O=C1CC(C2CCCCC2)N(C(=O)c2ccccc2)c2ccc(C(=O)N3CCCNCC3)cc2N1. The number of benzene rings is 2. The third-order valence-corrected chi connectivity index (χ3v) is 7.56. The van der Waals surface area contributed by atoms with Crippen LogP contribution in [0.1, 0.15) is 65.7 Å². The normalized spacial score (nSPS) is 21.5. The van der Waals surface area contributed by atoms with E-state index >= 15 is 0 Å². The third-order valence-electron chi connectivity index (χ3n) is 7.56. The van der Waals surface area contributed by atoms with E-state index in [1.165, 1.54) is 6.42 Å². The number of nitrogens with zero attached hydrogens (tertiary/aromatic N) is 2. The largest absolute Gasteiger partial charge is 0.337 e. The molecule has 0 bridgehead atoms. The summed E-state index contributed by atoms with van der Waals surface area (Å²) in [7, 11) is 0. The second kappa shape index (κ2) is 10.6. The van der Waals surface area contributed by atoms with E-state index in [0.29, 0.717) is 35.6 Å². The molecule has 5 rings (SSSR count). The summed E-state index contributed by atoms with van der Waals surface area (Å²) in [5.74, 6) is 0.0316. The topological polar surface area (TPSA) is 81.8 Å². The minimum absolute atomic E-state index is 0.0419. The van der Waals surface area contributed by atoms with Crippen molar-refractivity contribution >= 4 is 29.1 Å². The fourth-order valence-electron chi connectivity index (χ4n) is 5.75. The van der Waals surface area contributed by atoms with Gasteiger partial charge < -0.3 is 20.4 Å². The molecular weight excluding hydrogens is 440 g/mol. The summed E-state index contributed by atoms with van der Waals surface area (Å²) >= 11 is 0. The molecule has 0 radical (unpaired) electrons. The van der Waals surface area contributed by atoms with Gasteiger partial charge in [-0.2, -0.15) is 0 Å². The summed E-state index contributed by atoms with van der Waals surface area (Å²) < 4.78 is 0. The predicted octanol–water partition coefficient (Wildman–Crippen LogP) is 4.06. The summed E-state index contributed by atoms with van der Waals surface area (Å²) in [5, 5.41) is 6.34. The number of hydrogen-bond acceptors (Lipinski definition) is 4. The Morgan fingerprint density at radius 2 is 1.63 bits per heavy atom. The van der Waals surface area contributed by atoms with Crippen LogP contribution in [-0.2, 0) is 4.79 Å². The maximum Gasteiger partial charge on any atom is 0.258 e. The lowest BCUT2D eigenvalue weighted by Crippen LogP contribution is -2.46. The standard InChI is InChI=1S/C28H34N4O3/c33-26-19-25(20-8-3-1-4-9-20)32(28(35)21-10-5-2-6-11-21)24-13-12-22(18-23(24)30-26)27(34)31-16-7-14-29-15-17-31/h2,5-6,10-13,18,20,25,29H,1,3-4,7-9,14-17,19H2,(H,30,33). The smallest absolute Gasteiger partial charge is 0.258 e. The van der Waals surface area contributed by atoms with Crippen LogP contribution in [0.3, 0.4) is 0 Å². The Morgan fingerprint density at radius 3 is 2.43 bits per heavy atom. The van der Waals surface area contributed by atoms with Crippen molar-refractivity contribution in [3.05, 3.63) is 59.7 Å². The van der Waals surface area contributed by atoms with Crippen LogP contribution in [-0.4, -0.2) is 54.8 Å². The molecule has 2 heterocycles. The Labute approximate surface area is 206 Å². The van der Waals surface area contributed by atoms with Gasteiger partial charge >= 0.3 is 0 Å². The summed E-state index contributed by atoms with van der Waals surface area (Å²) in [6.45, 7) is 3.04. The molecule has 7 heteroatoms. The molecular formula is C28H34N4O3. The van der Waals surface area contributed by atoms with Crippen LogP contribution >= 0.6 is 0 Å². The van der Waals surface area contributed by atoms with Gasteiger partial charge in [-0.1, -0.05) is 37.5 Å². The Balaban J connectivity index is 1.53. The van der Waals surface area contributed by atoms with E-state index in [4.69, 9.17) is 0 Å². The molecule has 2 aromatic rings. The quantitative estimate of drug-likeness (QED) is 0.703. The number of hydrogen-bond donors (Lipinski definition) is 2. The molecule has 35 heavy (non-hydrogen) atoms. The van der Waals surface area contributed by atoms with Crippen LogP contribution in [0.15, 0.2) is 48.5 Å². The molecule has 0 spiro atoms. The average Bonchev–Trinajstić information content (AvgIpc) is 3.26. The molecule has 1 aliphatic carbocycles. The molecule has 2 aromatic carbocycles. The first-order valence-corrected chi connectivity index (χ1v) is 12.9. The first-order chi connectivity index (χ1) is 17.1. The van der Waals surface area contributed by atoms with Gasteiger partial charge in [0, 0.05) is 43.2 Å². The Morgan fingerprint density at radius 1 is 0.829 bits per heavy atom. The Bertz CT molecular complexity index is 1070. The highest BCUT2D eigenvalue weighted by Gasteiger charge is 2.38. The number of amides is 3. The van der Waals surface area contributed by atoms with E-state index in [0.717, 1.165) is 45.2 Å². The second-order valence-corrected chi connectivity index (χ2v) is 9.89. The molecule has 0 aromatic heterocycles. The van der Waals surface area contributed by atoms with Gasteiger partial charge in [-0.3, -0.25) is 14.4 Å². The fourth-order valence-corrected chi connectivity index (χ4v) is 5.75. The molecule has 184 valence electrons. The Kier molecular flexibility index (Phi) is 7.13. The summed E-state index contributed by atoms with van der Waals surface area (Å²) in [6, 6.07) is 14.5. The highest BCUT2D eigenvalue weighted by atomic mass is 16.2. The van der Waals surface area contributed by atoms with Crippen LogP contribution in [0.25, 0.3) is 0 Å². The number of fused-ring (bicyclic) bond motifs is 1. The zero-order valence-corrected chi connectivity index (χ0v) is 20.2. The highest BCUT2D eigenvalue weighted by Crippen LogP contribution is 2.39. The molecule has 2 aliphatic heterocycles. The van der Waals surface area contributed by atoms with Gasteiger partial charge in [0.15, 0.2) is 0 Å². The first-order valence-electron chi connectivity index (χ1n) is 12.9. The van der Waals surface area contributed by atoms with E-state index in [1.807, 2.05) is 46.2 Å². The molecule has 2 fully saturated rings. The zero-order valence-electron chi connectivity index (χ0n) is 20.2. The van der Waals surface area contributed by atoms with Crippen LogP contribution in [0.5, 0.6) is 0 Å². The summed E-state index contributed by atoms with van der Waals surface area (Å²) in [4.78, 5) is 43.9. The van der Waals surface area contributed by atoms with Crippen molar-refractivity contribution in [3.63, 3.8) is 0 Å². The van der Waals surface area contributed by atoms with Crippen molar-refractivity contribution in [2.75, 3.05) is 36.4 Å². The fraction of sp³-hybridized carbons (Fsp3) is 0.464. The number of carbonyl (C=O) groups is 3. The van der Waals surface area contributed by atoms with Gasteiger partial charge in [-0.25, -0.2) is 0 Å². The molecule has 3 aliphatic rings. The monoisotopic (exact) mass is 474 g/mol. The molecule has 7 nitrogen and oxygen atoms in total. The van der Waals surface area contributed by atoms with Crippen LogP contribution in [0.2, 0.25) is 0 Å². The van der Waals surface area contributed by atoms with Crippen molar-refractivity contribution in [3.8, 4) is 0 Å². The third kappa shape index (κ3) is 5.10. The lowest BCUT2D eigenvalue weighted by atomic mass is 9.81.